The van der Waals surface area contributed by atoms with Crippen LogP contribution in [-0.2, 0) is 33.2 Å². The quantitative estimate of drug-likeness (QED) is 0.0320. The van der Waals surface area contributed by atoms with E-state index in [1.54, 1.807) is 6.08 Å². The molecule has 3 saturated heterocycles. The fourth-order valence-electron chi connectivity index (χ4n) is 8.37. The van der Waals surface area contributed by atoms with Gasteiger partial charge in [0.25, 0.3) is 0 Å². The second kappa shape index (κ2) is 37.1. The molecular weight excluding hydrogens is 939 g/mol. The van der Waals surface area contributed by atoms with Gasteiger partial charge in [-0.25, -0.2) is 0 Å². The summed E-state index contributed by atoms with van der Waals surface area (Å²) < 4.78 is 34.1. The molecule has 3 heterocycles. The lowest BCUT2D eigenvalue weighted by molar-refractivity contribution is -0.379. The lowest BCUT2D eigenvalue weighted by Crippen LogP contribution is -2.66. The van der Waals surface area contributed by atoms with Gasteiger partial charge in [0.15, 0.2) is 18.9 Å². The van der Waals surface area contributed by atoms with Gasteiger partial charge in [-0.1, -0.05) is 119 Å². The normalized spacial score (nSPS) is 32.6. The van der Waals surface area contributed by atoms with Gasteiger partial charge in [-0.3, -0.25) is 4.79 Å². The summed E-state index contributed by atoms with van der Waals surface area (Å²) in [5, 5.41) is 120. The average molecular weight is 1030 g/mol. The Kier molecular flexibility index (Phi) is 32.7. The first-order chi connectivity index (χ1) is 34.8. The minimum absolute atomic E-state index is 0.179. The standard InChI is InChI=1S/C53H89NO18/c1-3-5-7-9-11-13-15-17-18-19-21-23-25-27-29-31-41(59)54-36(37(58)30-28-26-24-22-20-16-14-12-10-8-6-4-2)35-67-51-47(65)44(62)49(39(33-56)69-51)72-53-48(66)45(63)50(40(34-57)70-53)71-52-46(64)43(61)42(60)38(32-55)68-52/h5,7,11,13,17-18,20-23,28,30,36-40,42-53,55-58,60-66H,3-4,6,8-10,12,14-16,19,24-27,29,31-35H2,1-2H3,(H,54,59)/b7-5-,13-11-,18-17-,22-20+,23-21-,30-28+. The van der Waals surface area contributed by atoms with Gasteiger partial charge in [-0.05, 0) is 70.6 Å². The Balaban J connectivity index is 1.58. The molecule has 1 amide bonds. The predicted octanol–water partition coefficient (Wildman–Crippen LogP) is 2.31. The maximum Gasteiger partial charge on any atom is 0.220 e. The van der Waals surface area contributed by atoms with E-state index in [-0.39, 0.29) is 18.9 Å². The van der Waals surface area contributed by atoms with Crippen molar-refractivity contribution in [3.8, 4) is 0 Å². The van der Waals surface area contributed by atoms with Gasteiger partial charge in [-0.2, -0.15) is 0 Å². The predicted molar refractivity (Wildman–Crippen MR) is 268 cm³/mol. The number of hydrogen-bond donors (Lipinski definition) is 12. The summed E-state index contributed by atoms with van der Waals surface area (Å²) in [7, 11) is 0. The number of unbranched alkanes of at least 4 members (excludes halogenated alkanes) is 9. The molecule has 17 atom stereocenters. The van der Waals surface area contributed by atoms with Crippen molar-refractivity contribution in [2.45, 2.75) is 227 Å². The molecule has 0 saturated carbocycles. The molecule has 17 unspecified atom stereocenters. The van der Waals surface area contributed by atoms with Crippen LogP contribution in [0.15, 0.2) is 72.9 Å². The lowest BCUT2D eigenvalue weighted by Gasteiger charge is -2.48. The molecule has 0 spiro atoms. The number of carbonyl (C=O) groups is 1. The molecule has 3 fully saturated rings. The summed E-state index contributed by atoms with van der Waals surface area (Å²) in [6.45, 7) is 1.48. The van der Waals surface area contributed by atoms with Gasteiger partial charge in [0.2, 0.25) is 5.91 Å². The van der Waals surface area contributed by atoms with E-state index in [0.717, 1.165) is 57.8 Å². The first kappa shape index (κ1) is 63.5. The van der Waals surface area contributed by atoms with Crippen molar-refractivity contribution < 1.29 is 89.4 Å². The highest BCUT2D eigenvalue weighted by molar-refractivity contribution is 5.76. The smallest absolute Gasteiger partial charge is 0.220 e. The molecule has 0 bridgehead atoms. The van der Waals surface area contributed by atoms with Crippen LogP contribution >= 0.6 is 0 Å². The topological polar surface area (TPSA) is 307 Å². The Hall–Kier alpha value is -2.77. The van der Waals surface area contributed by atoms with Gasteiger partial charge in [0, 0.05) is 6.42 Å². The SMILES string of the molecule is CC/C=C\C/C=C\C/C=C\C/C=C\CCCCC(=O)NC(COC1OC(CO)C(OC2OC(CO)C(OC3OC(CO)C(O)C(O)C3O)C(O)C2O)C(O)C1O)C(O)/C=C/CC/C=C/CCCCCCCC. The molecule has 3 aliphatic heterocycles. The number of allylic oxidation sites excluding steroid dienone is 11. The van der Waals surface area contributed by atoms with Crippen molar-refractivity contribution >= 4 is 5.91 Å². The molecule has 0 aromatic carbocycles. The highest BCUT2D eigenvalue weighted by Gasteiger charge is 2.53. The van der Waals surface area contributed by atoms with Gasteiger partial charge < -0.3 is 89.9 Å². The molecule has 0 aromatic heterocycles. The average Bonchev–Trinajstić information content (AvgIpc) is 3.37. The van der Waals surface area contributed by atoms with Crippen molar-refractivity contribution in [1.82, 2.24) is 5.32 Å². The van der Waals surface area contributed by atoms with E-state index in [4.69, 9.17) is 28.4 Å². The van der Waals surface area contributed by atoms with Gasteiger partial charge >= 0.3 is 0 Å². The van der Waals surface area contributed by atoms with Crippen molar-refractivity contribution in [3.63, 3.8) is 0 Å². The number of aliphatic hydroxyl groups excluding tert-OH is 11. The van der Waals surface area contributed by atoms with E-state index in [1.807, 2.05) is 6.08 Å². The Labute approximate surface area is 426 Å². The molecule has 0 radical (unpaired) electrons. The molecule has 19 nitrogen and oxygen atoms in total. The van der Waals surface area contributed by atoms with Crippen LogP contribution in [0, 0.1) is 0 Å². The summed E-state index contributed by atoms with van der Waals surface area (Å²) in [6.07, 6.45) is 13.4. The summed E-state index contributed by atoms with van der Waals surface area (Å²) in [5.74, 6) is -0.332. The highest BCUT2D eigenvalue weighted by Crippen LogP contribution is 2.33. The Bertz CT molecular complexity index is 1610. The van der Waals surface area contributed by atoms with Gasteiger partial charge in [0.05, 0.1) is 38.6 Å². The molecule has 0 aliphatic carbocycles. The zero-order valence-electron chi connectivity index (χ0n) is 42.4. The largest absolute Gasteiger partial charge is 0.394 e. The number of carbonyl (C=O) groups excluding carboxylic acids is 1. The van der Waals surface area contributed by atoms with Crippen LogP contribution in [0.25, 0.3) is 0 Å². The van der Waals surface area contributed by atoms with Crippen molar-refractivity contribution in [2.75, 3.05) is 26.4 Å². The molecule has 414 valence electrons. The third-order valence-corrected chi connectivity index (χ3v) is 12.7. The summed E-state index contributed by atoms with van der Waals surface area (Å²) in [4.78, 5) is 13.2. The van der Waals surface area contributed by atoms with Crippen molar-refractivity contribution in [1.29, 1.82) is 0 Å². The van der Waals surface area contributed by atoms with Gasteiger partial charge in [0.1, 0.15) is 73.2 Å². The minimum atomic E-state index is -1.99. The molecule has 12 N–H and O–H groups in total. The zero-order valence-corrected chi connectivity index (χ0v) is 42.4. The van der Waals surface area contributed by atoms with E-state index >= 15 is 0 Å². The van der Waals surface area contributed by atoms with E-state index in [2.05, 4.69) is 79.9 Å². The van der Waals surface area contributed by atoms with E-state index < -0.39 is 124 Å². The Morgan fingerprint density at radius 1 is 0.514 bits per heavy atom. The zero-order chi connectivity index (χ0) is 52.7. The molecule has 3 rings (SSSR count). The number of nitrogens with one attached hydrogen (secondary N) is 1. The van der Waals surface area contributed by atoms with E-state index in [9.17, 15) is 61.0 Å². The van der Waals surface area contributed by atoms with Crippen LogP contribution in [0.4, 0.5) is 0 Å². The molecule has 19 heteroatoms. The molecule has 3 aliphatic rings. The van der Waals surface area contributed by atoms with Crippen LogP contribution in [0.3, 0.4) is 0 Å². The maximum atomic E-state index is 13.2. The molecule has 72 heavy (non-hydrogen) atoms. The maximum absolute atomic E-state index is 13.2. The number of hydrogen-bond acceptors (Lipinski definition) is 18. The fourth-order valence-corrected chi connectivity index (χ4v) is 8.37. The number of aliphatic hydroxyl groups is 11. The number of rotatable bonds is 35. The van der Waals surface area contributed by atoms with E-state index in [0.29, 0.717) is 12.8 Å². The van der Waals surface area contributed by atoms with Crippen LogP contribution in [-0.4, -0.2) is 193 Å². The van der Waals surface area contributed by atoms with Crippen LogP contribution < -0.4 is 5.32 Å². The Morgan fingerprint density at radius 3 is 1.56 bits per heavy atom. The van der Waals surface area contributed by atoms with Crippen LogP contribution in [0.2, 0.25) is 0 Å². The third-order valence-electron chi connectivity index (χ3n) is 12.7. The first-order valence-corrected chi connectivity index (χ1v) is 26.2. The first-order valence-electron chi connectivity index (χ1n) is 26.2. The second-order valence-electron chi connectivity index (χ2n) is 18.6. The molecule has 0 aromatic rings. The van der Waals surface area contributed by atoms with E-state index in [1.165, 1.54) is 32.1 Å². The summed E-state index contributed by atoms with van der Waals surface area (Å²) in [6, 6.07) is -1.01. The third kappa shape index (κ3) is 22.2. The number of ether oxygens (including phenoxy) is 6. The summed E-state index contributed by atoms with van der Waals surface area (Å²) in [5.41, 5.74) is 0. The molecular formula is C53H89NO18. The highest BCUT2D eigenvalue weighted by atomic mass is 16.8. The fraction of sp³-hybridized carbons (Fsp3) is 0.755. The van der Waals surface area contributed by atoms with Crippen LogP contribution in [0.5, 0.6) is 0 Å². The van der Waals surface area contributed by atoms with Crippen LogP contribution in [0.1, 0.15) is 123 Å². The van der Waals surface area contributed by atoms with Crippen molar-refractivity contribution in [3.05, 3.63) is 72.9 Å². The van der Waals surface area contributed by atoms with Crippen molar-refractivity contribution in [2.24, 2.45) is 0 Å². The van der Waals surface area contributed by atoms with Gasteiger partial charge in [-0.15, -0.1) is 0 Å². The Morgan fingerprint density at radius 2 is 0.972 bits per heavy atom. The monoisotopic (exact) mass is 1030 g/mol. The second-order valence-corrected chi connectivity index (χ2v) is 18.6. The number of amides is 1. The minimum Gasteiger partial charge on any atom is -0.394 e. The lowest BCUT2D eigenvalue weighted by atomic mass is 9.96. The summed E-state index contributed by atoms with van der Waals surface area (Å²) >= 11 is 0.